The number of hydrogen-bond donors (Lipinski definition) is 1. The van der Waals surface area contributed by atoms with Gasteiger partial charge in [0.1, 0.15) is 34.4 Å². The van der Waals surface area contributed by atoms with Gasteiger partial charge in [0.15, 0.2) is 17.7 Å². The summed E-state index contributed by atoms with van der Waals surface area (Å²) in [6.45, 7) is 3.57. The normalized spacial score (nSPS) is 11.5. The lowest BCUT2D eigenvalue weighted by Gasteiger charge is -2.16. The van der Waals surface area contributed by atoms with E-state index in [2.05, 4.69) is 16.5 Å². The van der Waals surface area contributed by atoms with Gasteiger partial charge >= 0.3 is 0 Å². The summed E-state index contributed by atoms with van der Waals surface area (Å²) in [5, 5.41) is 17.6. The monoisotopic (exact) mass is 457 g/mol. The molecule has 4 rings (SSSR count). The van der Waals surface area contributed by atoms with E-state index in [1.807, 2.05) is 31.2 Å². The number of hydrogen-bond acceptors (Lipinski definition) is 7. The first-order valence-electron chi connectivity index (χ1n) is 10.5. The molecule has 2 aromatic heterocycles. The Kier molecular flexibility index (Phi) is 6.32. The number of amides is 1. The molecule has 172 valence electrons. The number of para-hydroxylation sites is 1. The van der Waals surface area contributed by atoms with Crippen molar-refractivity contribution < 1.29 is 19.0 Å². The molecule has 0 aliphatic rings. The summed E-state index contributed by atoms with van der Waals surface area (Å²) in [6.07, 6.45) is 0.545. The molecular weight excluding hydrogens is 434 g/mol. The average Bonchev–Trinajstić information content (AvgIpc) is 3.26. The van der Waals surface area contributed by atoms with E-state index in [4.69, 9.17) is 19.2 Å². The van der Waals surface area contributed by atoms with E-state index in [9.17, 15) is 10.1 Å². The topological polar surface area (TPSA) is 111 Å². The fourth-order valence-corrected chi connectivity index (χ4v) is 3.50. The minimum absolute atomic E-state index is 0.199. The minimum atomic E-state index is -0.838. The van der Waals surface area contributed by atoms with Crippen LogP contribution in [0.1, 0.15) is 18.1 Å². The summed E-state index contributed by atoms with van der Waals surface area (Å²) in [5.41, 5.74) is 1.80. The number of anilines is 1. The molecule has 0 saturated carbocycles. The van der Waals surface area contributed by atoms with E-state index in [-0.39, 0.29) is 11.4 Å². The summed E-state index contributed by atoms with van der Waals surface area (Å²) >= 11 is 0. The first kappa shape index (κ1) is 22.6. The SMILES string of the molecule is COc1ccc(OC(C)C(=O)Nc2c(C#N)cnn2-c2cc(C)c3cccc(OC)c3n2)cc1. The molecule has 1 atom stereocenters. The number of ether oxygens (including phenoxy) is 3. The maximum Gasteiger partial charge on any atom is 0.266 e. The van der Waals surface area contributed by atoms with Crippen molar-refractivity contribution in [3.63, 3.8) is 0 Å². The largest absolute Gasteiger partial charge is 0.497 e. The number of nitrogens with one attached hydrogen (secondary N) is 1. The highest BCUT2D eigenvalue weighted by Crippen LogP contribution is 2.29. The minimum Gasteiger partial charge on any atom is -0.497 e. The first-order chi connectivity index (χ1) is 16.4. The van der Waals surface area contributed by atoms with Gasteiger partial charge in [0, 0.05) is 5.39 Å². The molecule has 2 aromatic carbocycles. The molecular formula is C25H23N5O4. The molecule has 0 saturated heterocycles. The third kappa shape index (κ3) is 4.34. The summed E-state index contributed by atoms with van der Waals surface area (Å²) in [4.78, 5) is 17.6. The van der Waals surface area contributed by atoms with Gasteiger partial charge < -0.3 is 19.5 Å². The molecule has 1 N–H and O–H groups in total. The van der Waals surface area contributed by atoms with Crippen LogP contribution in [0.5, 0.6) is 17.2 Å². The second-order valence-electron chi connectivity index (χ2n) is 7.51. The molecule has 9 heteroatoms. The molecule has 1 amide bonds. The smallest absolute Gasteiger partial charge is 0.266 e. The second-order valence-corrected chi connectivity index (χ2v) is 7.51. The molecule has 0 aliphatic heterocycles. The van der Waals surface area contributed by atoms with Crippen LogP contribution in [0.25, 0.3) is 16.7 Å². The van der Waals surface area contributed by atoms with Crippen LogP contribution in [-0.4, -0.2) is 41.0 Å². The third-order valence-corrected chi connectivity index (χ3v) is 5.31. The fourth-order valence-electron chi connectivity index (χ4n) is 3.50. The fraction of sp³-hybridized carbons (Fsp3) is 0.200. The third-order valence-electron chi connectivity index (χ3n) is 5.31. The van der Waals surface area contributed by atoms with Crippen LogP contribution < -0.4 is 19.5 Å². The van der Waals surface area contributed by atoms with Crippen molar-refractivity contribution in [2.75, 3.05) is 19.5 Å². The zero-order chi connectivity index (χ0) is 24.2. The van der Waals surface area contributed by atoms with Crippen molar-refractivity contribution in [3.05, 3.63) is 65.9 Å². The van der Waals surface area contributed by atoms with Crippen LogP contribution in [0.2, 0.25) is 0 Å². The zero-order valence-electron chi connectivity index (χ0n) is 19.2. The van der Waals surface area contributed by atoms with Crippen molar-refractivity contribution in [3.8, 4) is 29.1 Å². The van der Waals surface area contributed by atoms with Gasteiger partial charge in [-0.3, -0.25) is 4.79 Å². The Labute approximate surface area is 196 Å². The number of carbonyl (C=O) groups is 1. The van der Waals surface area contributed by atoms with Crippen LogP contribution in [0.4, 0.5) is 5.82 Å². The number of nitriles is 1. The lowest BCUT2D eigenvalue weighted by Crippen LogP contribution is -2.31. The Bertz CT molecular complexity index is 1390. The Hall–Kier alpha value is -4.58. The molecule has 0 aliphatic carbocycles. The number of carbonyl (C=O) groups excluding carboxylic acids is 1. The van der Waals surface area contributed by atoms with Crippen molar-refractivity contribution >= 4 is 22.6 Å². The van der Waals surface area contributed by atoms with E-state index >= 15 is 0 Å². The summed E-state index contributed by atoms with van der Waals surface area (Å²) < 4.78 is 17.8. The number of nitrogens with zero attached hydrogens (tertiary/aromatic N) is 4. The van der Waals surface area contributed by atoms with E-state index in [1.54, 1.807) is 45.4 Å². The van der Waals surface area contributed by atoms with E-state index in [1.165, 1.54) is 10.9 Å². The number of aryl methyl sites for hydroxylation is 1. The quantitative estimate of drug-likeness (QED) is 0.446. The van der Waals surface area contributed by atoms with Gasteiger partial charge in [0.05, 0.1) is 20.4 Å². The number of fused-ring (bicyclic) bond motifs is 1. The standard InChI is InChI=1S/C25H23N5O4/c1-15-12-22(28-23-20(15)6-5-7-21(23)33-4)30-24(17(13-26)14-27-30)29-25(31)16(2)34-19-10-8-18(32-3)9-11-19/h5-12,14,16H,1-4H3,(H,29,31). The first-order valence-corrected chi connectivity index (χ1v) is 10.5. The highest BCUT2D eigenvalue weighted by Gasteiger charge is 2.21. The van der Waals surface area contributed by atoms with Gasteiger partial charge in [-0.1, -0.05) is 12.1 Å². The molecule has 34 heavy (non-hydrogen) atoms. The Morgan fingerprint density at radius 3 is 2.53 bits per heavy atom. The van der Waals surface area contributed by atoms with Crippen molar-refractivity contribution in [1.29, 1.82) is 5.26 Å². The maximum absolute atomic E-state index is 12.9. The summed E-state index contributed by atoms with van der Waals surface area (Å²) in [7, 11) is 3.15. The Balaban J connectivity index is 1.65. The number of benzene rings is 2. The van der Waals surface area contributed by atoms with Crippen LogP contribution in [0, 0.1) is 18.3 Å². The van der Waals surface area contributed by atoms with Crippen LogP contribution in [0.15, 0.2) is 54.7 Å². The summed E-state index contributed by atoms with van der Waals surface area (Å²) in [5.74, 6) is 2.01. The summed E-state index contributed by atoms with van der Waals surface area (Å²) in [6, 6.07) is 16.5. The lowest BCUT2D eigenvalue weighted by molar-refractivity contribution is -0.122. The zero-order valence-corrected chi connectivity index (χ0v) is 19.2. The molecule has 0 bridgehead atoms. The lowest BCUT2D eigenvalue weighted by atomic mass is 10.1. The van der Waals surface area contributed by atoms with Crippen LogP contribution in [-0.2, 0) is 4.79 Å². The van der Waals surface area contributed by atoms with E-state index in [0.29, 0.717) is 28.6 Å². The molecule has 0 fully saturated rings. The van der Waals surface area contributed by atoms with Crippen molar-refractivity contribution in [2.45, 2.75) is 20.0 Å². The van der Waals surface area contributed by atoms with Gasteiger partial charge in [-0.25, -0.2) is 4.98 Å². The predicted molar refractivity (Wildman–Crippen MR) is 127 cm³/mol. The molecule has 0 radical (unpaired) electrons. The van der Waals surface area contributed by atoms with Gasteiger partial charge in [0.25, 0.3) is 5.91 Å². The number of pyridine rings is 1. The van der Waals surface area contributed by atoms with Gasteiger partial charge in [-0.15, -0.1) is 0 Å². The second kappa shape index (κ2) is 9.50. The van der Waals surface area contributed by atoms with E-state index in [0.717, 1.165) is 10.9 Å². The van der Waals surface area contributed by atoms with Gasteiger partial charge in [-0.2, -0.15) is 15.0 Å². The van der Waals surface area contributed by atoms with Crippen molar-refractivity contribution in [1.82, 2.24) is 14.8 Å². The van der Waals surface area contributed by atoms with Gasteiger partial charge in [0.2, 0.25) is 0 Å². The number of rotatable bonds is 7. The molecule has 2 heterocycles. The number of aromatic nitrogens is 3. The predicted octanol–water partition coefficient (Wildman–Crippen LogP) is 4.02. The Morgan fingerprint density at radius 2 is 1.85 bits per heavy atom. The average molecular weight is 457 g/mol. The molecule has 0 spiro atoms. The molecule has 4 aromatic rings. The maximum atomic E-state index is 12.9. The molecule has 1 unspecified atom stereocenters. The van der Waals surface area contributed by atoms with E-state index < -0.39 is 12.0 Å². The Morgan fingerprint density at radius 1 is 1.12 bits per heavy atom. The van der Waals surface area contributed by atoms with Crippen LogP contribution >= 0.6 is 0 Å². The van der Waals surface area contributed by atoms with Crippen molar-refractivity contribution in [2.24, 2.45) is 0 Å². The highest BCUT2D eigenvalue weighted by atomic mass is 16.5. The molecule has 9 nitrogen and oxygen atoms in total. The number of methoxy groups -OCH3 is 2. The highest BCUT2D eigenvalue weighted by molar-refractivity contribution is 5.95. The van der Waals surface area contributed by atoms with Gasteiger partial charge in [-0.05, 0) is 55.8 Å². The van der Waals surface area contributed by atoms with Crippen LogP contribution in [0.3, 0.4) is 0 Å².